The van der Waals surface area contributed by atoms with Gasteiger partial charge in [-0.1, -0.05) is 48.1 Å². The average molecular weight is 223 g/mol. The van der Waals surface area contributed by atoms with Crippen LogP contribution in [0.3, 0.4) is 0 Å². The lowest BCUT2D eigenvalue weighted by molar-refractivity contribution is 0.704. The average Bonchev–Trinajstić information content (AvgIpc) is 2.26. The molecule has 2 heteroatoms. The summed E-state index contributed by atoms with van der Waals surface area (Å²) in [5.41, 5.74) is 4.90. The van der Waals surface area contributed by atoms with Gasteiger partial charge in [0.1, 0.15) is 0 Å². The molecule has 1 atom stereocenters. The van der Waals surface area contributed by atoms with Gasteiger partial charge in [0, 0.05) is 11.8 Å². The first-order chi connectivity index (χ1) is 7.31. The highest BCUT2D eigenvalue weighted by Crippen LogP contribution is 2.41. The SMILES string of the molecule is CCCCNSC1CC2=C(C)C=C1CC2. The summed E-state index contributed by atoms with van der Waals surface area (Å²) < 4.78 is 3.51. The highest BCUT2D eigenvalue weighted by molar-refractivity contribution is 7.98. The van der Waals surface area contributed by atoms with Gasteiger partial charge in [0.15, 0.2) is 0 Å². The summed E-state index contributed by atoms with van der Waals surface area (Å²) in [5.74, 6) is 0. The van der Waals surface area contributed by atoms with E-state index in [4.69, 9.17) is 0 Å². The van der Waals surface area contributed by atoms with E-state index in [0.29, 0.717) is 0 Å². The Kier molecular flexibility index (Phi) is 3.92. The molecule has 0 aromatic rings. The van der Waals surface area contributed by atoms with Crippen molar-refractivity contribution < 1.29 is 0 Å². The number of hydrogen-bond donors (Lipinski definition) is 1. The third-order valence-corrected chi connectivity index (χ3v) is 4.50. The third kappa shape index (κ3) is 2.67. The molecule has 0 spiro atoms. The second-order valence-electron chi connectivity index (χ2n) is 4.56. The second kappa shape index (κ2) is 5.22. The van der Waals surface area contributed by atoms with Crippen LogP contribution < -0.4 is 4.72 Å². The Hall–Kier alpha value is -0.210. The maximum atomic E-state index is 3.51. The number of allylic oxidation sites excluding steroid dienone is 3. The molecule has 1 unspecified atom stereocenters. The van der Waals surface area contributed by atoms with Crippen LogP contribution in [0.2, 0.25) is 0 Å². The lowest BCUT2D eigenvalue weighted by atomic mass is 9.81. The number of fused-ring (bicyclic) bond motifs is 3. The Morgan fingerprint density at radius 3 is 2.93 bits per heavy atom. The summed E-state index contributed by atoms with van der Waals surface area (Å²) in [6, 6.07) is 0. The van der Waals surface area contributed by atoms with Gasteiger partial charge in [-0.25, -0.2) is 0 Å². The first-order valence-electron chi connectivity index (χ1n) is 6.09. The summed E-state index contributed by atoms with van der Waals surface area (Å²) in [7, 11) is 0. The number of nitrogens with one attached hydrogen (secondary N) is 1. The van der Waals surface area contributed by atoms with Gasteiger partial charge < -0.3 is 0 Å². The molecule has 0 amide bonds. The first kappa shape index (κ1) is 11.3. The summed E-state index contributed by atoms with van der Waals surface area (Å²) in [6.45, 7) is 5.66. The molecular weight excluding hydrogens is 202 g/mol. The Morgan fingerprint density at radius 1 is 1.47 bits per heavy atom. The molecule has 84 valence electrons. The molecule has 1 saturated carbocycles. The van der Waals surface area contributed by atoms with Crippen molar-refractivity contribution in [3.63, 3.8) is 0 Å². The van der Waals surface area contributed by atoms with E-state index < -0.39 is 0 Å². The third-order valence-electron chi connectivity index (χ3n) is 3.38. The van der Waals surface area contributed by atoms with Gasteiger partial charge in [-0.3, -0.25) is 4.72 Å². The lowest BCUT2D eigenvalue weighted by Crippen LogP contribution is -2.23. The summed E-state index contributed by atoms with van der Waals surface area (Å²) in [4.78, 5) is 0. The largest absolute Gasteiger partial charge is 0.264 e. The smallest absolute Gasteiger partial charge is 0.0442 e. The molecule has 1 N–H and O–H groups in total. The van der Waals surface area contributed by atoms with Crippen LogP contribution in [0.4, 0.5) is 0 Å². The van der Waals surface area contributed by atoms with E-state index in [1.165, 1.54) is 32.1 Å². The zero-order chi connectivity index (χ0) is 10.7. The molecule has 2 bridgehead atoms. The van der Waals surface area contributed by atoms with Crippen LogP contribution in [-0.2, 0) is 0 Å². The van der Waals surface area contributed by atoms with Crippen LogP contribution >= 0.6 is 11.9 Å². The van der Waals surface area contributed by atoms with Gasteiger partial charge in [0.25, 0.3) is 0 Å². The standard InChI is InChI=1S/C13H21NS/c1-3-4-7-14-15-13-9-11-5-6-12(13)8-10(11)2/h8,13-14H,3-7,9H2,1-2H3. The molecule has 0 heterocycles. The maximum absolute atomic E-state index is 3.51. The Bertz CT molecular complexity index is 291. The number of rotatable bonds is 5. The maximum Gasteiger partial charge on any atom is 0.0442 e. The highest BCUT2D eigenvalue weighted by atomic mass is 32.2. The molecule has 0 aromatic carbocycles. The van der Waals surface area contributed by atoms with Gasteiger partial charge >= 0.3 is 0 Å². The molecule has 1 nitrogen and oxygen atoms in total. The quantitative estimate of drug-likeness (QED) is 0.561. The van der Waals surface area contributed by atoms with Gasteiger partial charge in [0.2, 0.25) is 0 Å². The van der Waals surface area contributed by atoms with Crippen LogP contribution in [0.5, 0.6) is 0 Å². The monoisotopic (exact) mass is 223 g/mol. The van der Waals surface area contributed by atoms with Crippen LogP contribution in [-0.4, -0.2) is 11.8 Å². The van der Waals surface area contributed by atoms with E-state index in [2.05, 4.69) is 24.6 Å². The van der Waals surface area contributed by atoms with E-state index in [0.717, 1.165) is 11.8 Å². The molecule has 3 aliphatic carbocycles. The number of hydrogen-bond acceptors (Lipinski definition) is 2. The van der Waals surface area contributed by atoms with Crippen molar-refractivity contribution >= 4 is 11.9 Å². The molecule has 0 aromatic heterocycles. The summed E-state index contributed by atoms with van der Waals surface area (Å²) >= 11 is 1.95. The normalized spacial score (nSPS) is 24.7. The highest BCUT2D eigenvalue weighted by Gasteiger charge is 2.26. The zero-order valence-electron chi connectivity index (χ0n) is 9.81. The van der Waals surface area contributed by atoms with Crippen LogP contribution in [0, 0.1) is 0 Å². The van der Waals surface area contributed by atoms with Crippen molar-refractivity contribution in [1.29, 1.82) is 0 Å². The summed E-state index contributed by atoms with van der Waals surface area (Å²) in [5, 5.41) is 0.731. The van der Waals surface area contributed by atoms with E-state index in [1.54, 1.807) is 16.7 Å². The van der Waals surface area contributed by atoms with E-state index in [1.807, 2.05) is 11.9 Å². The Labute approximate surface area is 97.5 Å². The van der Waals surface area contributed by atoms with Crippen molar-refractivity contribution in [3.8, 4) is 0 Å². The first-order valence-corrected chi connectivity index (χ1v) is 6.97. The topological polar surface area (TPSA) is 12.0 Å². The molecular formula is C13H21NS. The lowest BCUT2D eigenvalue weighted by Gasteiger charge is -2.32. The number of unbranched alkanes of at least 4 members (excludes halogenated alkanes) is 1. The minimum Gasteiger partial charge on any atom is -0.264 e. The van der Waals surface area contributed by atoms with Crippen molar-refractivity contribution in [2.75, 3.05) is 6.54 Å². The summed E-state index contributed by atoms with van der Waals surface area (Å²) in [6.07, 6.45) is 8.91. The molecule has 15 heavy (non-hydrogen) atoms. The predicted molar refractivity (Wildman–Crippen MR) is 68.9 cm³/mol. The van der Waals surface area contributed by atoms with Gasteiger partial charge in [-0.2, -0.15) is 0 Å². The van der Waals surface area contributed by atoms with Gasteiger partial charge in [-0.15, -0.1) is 0 Å². The second-order valence-corrected chi connectivity index (χ2v) is 5.66. The van der Waals surface area contributed by atoms with Crippen LogP contribution in [0.25, 0.3) is 0 Å². The fourth-order valence-corrected chi connectivity index (χ4v) is 3.43. The predicted octanol–water partition coefficient (Wildman–Crippen LogP) is 3.83. The van der Waals surface area contributed by atoms with E-state index >= 15 is 0 Å². The molecule has 1 fully saturated rings. The van der Waals surface area contributed by atoms with E-state index in [9.17, 15) is 0 Å². The molecule has 0 radical (unpaired) electrons. The van der Waals surface area contributed by atoms with E-state index in [-0.39, 0.29) is 0 Å². The van der Waals surface area contributed by atoms with Crippen molar-refractivity contribution in [2.45, 2.75) is 51.2 Å². The van der Waals surface area contributed by atoms with Crippen molar-refractivity contribution in [1.82, 2.24) is 4.72 Å². The molecule has 0 saturated heterocycles. The van der Waals surface area contributed by atoms with Gasteiger partial charge in [0.05, 0.1) is 0 Å². The Balaban J connectivity index is 1.80. The molecule has 0 aliphatic heterocycles. The zero-order valence-corrected chi connectivity index (χ0v) is 10.6. The minimum absolute atomic E-state index is 0.731. The van der Waals surface area contributed by atoms with Crippen LogP contribution in [0.15, 0.2) is 22.8 Å². The Morgan fingerprint density at radius 2 is 2.33 bits per heavy atom. The van der Waals surface area contributed by atoms with Crippen LogP contribution in [0.1, 0.15) is 46.0 Å². The molecule has 3 aliphatic rings. The van der Waals surface area contributed by atoms with Crippen molar-refractivity contribution in [2.24, 2.45) is 0 Å². The fraction of sp³-hybridized carbons (Fsp3) is 0.692. The van der Waals surface area contributed by atoms with Crippen molar-refractivity contribution in [3.05, 3.63) is 22.8 Å². The fourth-order valence-electron chi connectivity index (χ4n) is 2.34. The minimum atomic E-state index is 0.731. The molecule has 3 rings (SSSR count). The van der Waals surface area contributed by atoms with Gasteiger partial charge in [-0.05, 0) is 32.6 Å².